The molecule has 0 bridgehead atoms. The Labute approximate surface area is 88.1 Å². The molecule has 0 aromatic carbocycles. The van der Waals surface area contributed by atoms with Gasteiger partial charge in [-0.3, -0.25) is 0 Å². The number of halogens is 1. The van der Waals surface area contributed by atoms with Crippen molar-refractivity contribution < 1.29 is 0 Å². The molecule has 1 atom stereocenters. The molecule has 76 valence electrons. The second kappa shape index (κ2) is 4.57. The van der Waals surface area contributed by atoms with Gasteiger partial charge in [0, 0.05) is 18.8 Å². The van der Waals surface area contributed by atoms with Crippen molar-refractivity contribution in [2.24, 2.45) is 0 Å². The zero-order valence-corrected chi connectivity index (χ0v) is 8.59. The van der Waals surface area contributed by atoms with Gasteiger partial charge in [0.1, 0.15) is 5.15 Å². The van der Waals surface area contributed by atoms with Crippen molar-refractivity contribution in [2.45, 2.75) is 18.9 Å². The maximum Gasteiger partial charge on any atom is 0.224 e. The van der Waals surface area contributed by atoms with Crippen LogP contribution in [-0.2, 0) is 0 Å². The first kappa shape index (κ1) is 9.68. The first-order chi connectivity index (χ1) is 6.84. The van der Waals surface area contributed by atoms with Crippen molar-refractivity contribution in [3.8, 4) is 0 Å². The number of hydrogen-bond acceptors (Lipinski definition) is 4. The monoisotopic (exact) mass is 212 g/mol. The highest BCUT2D eigenvalue weighted by molar-refractivity contribution is 6.29. The second-order valence-corrected chi connectivity index (χ2v) is 3.76. The molecule has 1 saturated heterocycles. The Hall–Kier alpha value is -0.870. The number of rotatable bonds is 3. The number of anilines is 1. The Morgan fingerprint density at radius 3 is 3.29 bits per heavy atom. The summed E-state index contributed by atoms with van der Waals surface area (Å²) >= 11 is 5.73. The Morgan fingerprint density at radius 1 is 1.64 bits per heavy atom. The van der Waals surface area contributed by atoms with Gasteiger partial charge >= 0.3 is 0 Å². The van der Waals surface area contributed by atoms with Crippen LogP contribution in [0.5, 0.6) is 0 Å². The lowest BCUT2D eigenvalue weighted by molar-refractivity contribution is 0.631. The van der Waals surface area contributed by atoms with Crippen molar-refractivity contribution in [2.75, 3.05) is 18.4 Å². The molecule has 1 aromatic heterocycles. The van der Waals surface area contributed by atoms with Gasteiger partial charge in [-0.05, 0) is 25.5 Å². The van der Waals surface area contributed by atoms with Gasteiger partial charge < -0.3 is 10.6 Å². The summed E-state index contributed by atoms with van der Waals surface area (Å²) in [6.45, 7) is 1.98. The fourth-order valence-electron chi connectivity index (χ4n) is 1.57. The molecule has 0 radical (unpaired) electrons. The largest absolute Gasteiger partial charge is 0.353 e. The van der Waals surface area contributed by atoms with Crippen LogP contribution in [0.2, 0.25) is 5.15 Å². The molecule has 0 saturated carbocycles. The van der Waals surface area contributed by atoms with Crippen LogP contribution in [0, 0.1) is 0 Å². The molecular weight excluding hydrogens is 200 g/mol. The minimum Gasteiger partial charge on any atom is -0.353 e. The van der Waals surface area contributed by atoms with Gasteiger partial charge in [-0.25, -0.2) is 9.97 Å². The van der Waals surface area contributed by atoms with Crippen molar-refractivity contribution in [1.29, 1.82) is 0 Å². The lowest BCUT2D eigenvalue weighted by atomic mass is 10.2. The summed E-state index contributed by atoms with van der Waals surface area (Å²) in [5, 5.41) is 7.02. The fourth-order valence-corrected chi connectivity index (χ4v) is 1.70. The standard InChI is InChI=1S/C9H13ClN4/c10-8-3-5-12-9(14-8)13-6-7-2-1-4-11-7/h3,5,7,11H,1-2,4,6H2,(H,12,13,14)/t7-/m0/s1. The molecule has 0 aliphatic carbocycles. The Morgan fingerprint density at radius 2 is 2.57 bits per heavy atom. The Bertz CT molecular complexity index is 299. The van der Waals surface area contributed by atoms with Crippen LogP contribution in [-0.4, -0.2) is 29.1 Å². The van der Waals surface area contributed by atoms with Gasteiger partial charge in [0.25, 0.3) is 0 Å². The summed E-state index contributed by atoms with van der Waals surface area (Å²) in [6.07, 6.45) is 4.12. The van der Waals surface area contributed by atoms with Crippen LogP contribution >= 0.6 is 11.6 Å². The molecule has 1 aliphatic heterocycles. The van der Waals surface area contributed by atoms with Crippen LogP contribution in [0.4, 0.5) is 5.95 Å². The molecule has 1 aromatic rings. The number of hydrogen-bond donors (Lipinski definition) is 2. The summed E-state index contributed by atoms with van der Waals surface area (Å²) in [4.78, 5) is 8.12. The van der Waals surface area contributed by atoms with Crippen molar-refractivity contribution in [3.05, 3.63) is 17.4 Å². The molecule has 14 heavy (non-hydrogen) atoms. The maximum atomic E-state index is 5.73. The number of aromatic nitrogens is 2. The number of nitrogens with zero attached hydrogens (tertiary/aromatic N) is 2. The van der Waals surface area contributed by atoms with Gasteiger partial charge in [-0.1, -0.05) is 11.6 Å². The normalized spacial score (nSPS) is 21.1. The molecule has 1 fully saturated rings. The summed E-state index contributed by atoms with van der Waals surface area (Å²) in [5.41, 5.74) is 0. The van der Waals surface area contributed by atoms with Crippen LogP contribution < -0.4 is 10.6 Å². The van der Waals surface area contributed by atoms with Crippen LogP contribution in [0.1, 0.15) is 12.8 Å². The number of nitrogens with one attached hydrogen (secondary N) is 2. The molecule has 5 heteroatoms. The molecule has 2 heterocycles. The average Bonchev–Trinajstić information content (AvgIpc) is 2.67. The summed E-state index contributed by atoms with van der Waals surface area (Å²) in [7, 11) is 0. The van der Waals surface area contributed by atoms with Gasteiger partial charge in [-0.2, -0.15) is 0 Å². The molecule has 0 unspecified atom stereocenters. The van der Waals surface area contributed by atoms with Crippen molar-refractivity contribution >= 4 is 17.5 Å². The zero-order valence-electron chi connectivity index (χ0n) is 7.83. The van der Waals surface area contributed by atoms with Crippen LogP contribution in [0.25, 0.3) is 0 Å². The van der Waals surface area contributed by atoms with E-state index in [9.17, 15) is 0 Å². The molecule has 1 aliphatic rings. The van der Waals surface area contributed by atoms with Gasteiger partial charge in [0.2, 0.25) is 5.95 Å². The highest BCUT2D eigenvalue weighted by atomic mass is 35.5. The Balaban J connectivity index is 1.85. The van der Waals surface area contributed by atoms with Gasteiger partial charge in [-0.15, -0.1) is 0 Å². The first-order valence-corrected chi connectivity index (χ1v) is 5.18. The molecule has 0 amide bonds. The van der Waals surface area contributed by atoms with E-state index in [2.05, 4.69) is 20.6 Å². The average molecular weight is 213 g/mol. The minimum atomic E-state index is 0.474. The lowest BCUT2D eigenvalue weighted by Gasteiger charge is -2.10. The van der Waals surface area contributed by atoms with E-state index in [4.69, 9.17) is 11.6 Å². The van der Waals surface area contributed by atoms with E-state index in [1.54, 1.807) is 12.3 Å². The van der Waals surface area contributed by atoms with E-state index in [-0.39, 0.29) is 0 Å². The third-order valence-corrected chi connectivity index (χ3v) is 2.50. The molecule has 4 nitrogen and oxygen atoms in total. The molecule has 2 N–H and O–H groups in total. The maximum absolute atomic E-state index is 5.73. The Kier molecular flexibility index (Phi) is 3.16. The predicted molar refractivity (Wildman–Crippen MR) is 56.6 cm³/mol. The predicted octanol–water partition coefficient (Wildman–Crippen LogP) is 1.29. The van der Waals surface area contributed by atoms with E-state index in [1.807, 2.05) is 0 Å². The van der Waals surface area contributed by atoms with Gasteiger partial charge in [0.05, 0.1) is 0 Å². The first-order valence-electron chi connectivity index (χ1n) is 4.80. The van der Waals surface area contributed by atoms with Gasteiger partial charge in [0.15, 0.2) is 0 Å². The van der Waals surface area contributed by atoms with Crippen molar-refractivity contribution in [1.82, 2.24) is 15.3 Å². The van der Waals surface area contributed by atoms with Crippen LogP contribution in [0.15, 0.2) is 12.3 Å². The highest BCUT2D eigenvalue weighted by Crippen LogP contribution is 2.08. The topological polar surface area (TPSA) is 49.8 Å². The third kappa shape index (κ3) is 2.56. The van der Waals surface area contributed by atoms with E-state index >= 15 is 0 Å². The second-order valence-electron chi connectivity index (χ2n) is 3.38. The minimum absolute atomic E-state index is 0.474. The summed E-state index contributed by atoms with van der Waals surface area (Å²) in [5.74, 6) is 0.603. The SMILES string of the molecule is Clc1ccnc(NC[C@@H]2CCCN2)n1. The summed E-state index contributed by atoms with van der Waals surface area (Å²) < 4.78 is 0. The van der Waals surface area contributed by atoms with Crippen molar-refractivity contribution in [3.63, 3.8) is 0 Å². The zero-order chi connectivity index (χ0) is 9.80. The highest BCUT2D eigenvalue weighted by Gasteiger charge is 2.13. The lowest BCUT2D eigenvalue weighted by Crippen LogP contribution is -2.29. The molecule has 0 spiro atoms. The van der Waals surface area contributed by atoms with E-state index in [0.29, 0.717) is 17.1 Å². The summed E-state index contributed by atoms with van der Waals surface area (Å²) in [6, 6.07) is 2.21. The quantitative estimate of drug-likeness (QED) is 0.742. The molecular formula is C9H13ClN4. The van der Waals surface area contributed by atoms with E-state index < -0.39 is 0 Å². The fraction of sp³-hybridized carbons (Fsp3) is 0.556. The van der Waals surface area contributed by atoms with E-state index in [0.717, 1.165) is 13.1 Å². The van der Waals surface area contributed by atoms with E-state index in [1.165, 1.54) is 12.8 Å². The third-order valence-electron chi connectivity index (χ3n) is 2.29. The van der Waals surface area contributed by atoms with Crippen LogP contribution in [0.3, 0.4) is 0 Å². The smallest absolute Gasteiger partial charge is 0.224 e. The molecule has 2 rings (SSSR count).